The number of fused-ring (bicyclic) bond motifs is 1. The normalized spacial score (nSPS) is 10.7. The molecule has 0 atom stereocenters. The molecular weight excluding hydrogens is 256 g/mol. The maximum atomic E-state index is 7.40. The van der Waals surface area contributed by atoms with Gasteiger partial charge in [0.2, 0.25) is 0 Å². The van der Waals surface area contributed by atoms with Crippen LogP contribution in [0.15, 0.2) is 58.6 Å². The highest BCUT2D eigenvalue weighted by Crippen LogP contribution is 2.28. The Morgan fingerprint density at radius 2 is 2.00 bits per heavy atom. The lowest BCUT2D eigenvalue weighted by molar-refractivity contribution is 1.09. The van der Waals surface area contributed by atoms with E-state index in [0.717, 1.165) is 15.6 Å². The molecule has 4 nitrogen and oxygen atoms in total. The second-order valence-corrected chi connectivity index (χ2v) is 5.16. The number of hydrogen-bond acceptors (Lipinski definition) is 3. The van der Waals surface area contributed by atoms with Crippen molar-refractivity contribution in [1.29, 1.82) is 5.41 Å². The third-order valence-corrected chi connectivity index (χ3v) is 3.60. The second kappa shape index (κ2) is 4.78. The number of rotatable bonds is 3. The summed E-state index contributed by atoms with van der Waals surface area (Å²) in [5.74, 6) is -0.0147. The van der Waals surface area contributed by atoms with Crippen LogP contribution in [0.2, 0.25) is 0 Å². The monoisotopic (exact) mass is 268 g/mol. The molecule has 2 heterocycles. The number of nitrogens with one attached hydrogen (secondary N) is 2. The number of nitrogens with zero attached hydrogens (tertiary/aromatic N) is 1. The first-order valence-electron chi connectivity index (χ1n) is 5.79. The fourth-order valence-electron chi connectivity index (χ4n) is 1.84. The number of pyridine rings is 1. The summed E-state index contributed by atoms with van der Waals surface area (Å²) < 4.78 is 0. The molecule has 0 amide bonds. The van der Waals surface area contributed by atoms with E-state index in [9.17, 15) is 0 Å². The molecule has 0 spiro atoms. The molecule has 5 heteroatoms. The van der Waals surface area contributed by atoms with E-state index in [1.54, 1.807) is 6.07 Å². The number of aromatic nitrogens is 2. The van der Waals surface area contributed by atoms with Gasteiger partial charge in [0.1, 0.15) is 16.6 Å². The quantitative estimate of drug-likeness (QED) is 0.504. The molecule has 4 N–H and O–H groups in total. The van der Waals surface area contributed by atoms with Crippen LogP contribution in [-0.2, 0) is 0 Å². The number of hydrogen-bond donors (Lipinski definition) is 3. The molecule has 0 aliphatic carbocycles. The van der Waals surface area contributed by atoms with E-state index in [1.807, 2.05) is 30.3 Å². The molecule has 0 saturated heterocycles. The van der Waals surface area contributed by atoms with Gasteiger partial charge in [-0.3, -0.25) is 5.41 Å². The Bertz CT molecular complexity index is 715. The largest absolute Gasteiger partial charge is 0.382 e. The Morgan fingerprint density at radius 1 is 1.16 bits per heavy atom. The highest BCUT2D eigenvalue weighted by atomic mass is 32.2. The van der Waals surface area contributed by atoms with Crippen molar-refractivity contribution in [2.24, 2.45) is 5.73 Å². The Kier molecular flexibility index (Phi) is 2.97. The lowest BCUT2D eigenvalue weighted by atomic mass is 10.3. The summed E-state index contributed by atoms with van der Waals surface area (Å²) in [7, 11) is 0. The summed E-state index contributed by atoms with van der Waals surface area (Å²) in [5.41, 5.74) is 7.05. The molecule has 0 saturated carbocycles. The first-order valence-corrected chi connectivity index (χ1v) is 6.61. The number of amidine groups is 1. The number of nitrogens with two attached hydrogens (primary N) is 1. The molecule has 0 aliphatic rings. The van der Waals surface area contributed by atoms with Crippen molar-refractivity contribution in [2.75, 3.05) is 0 Å². The Labute approximate surface area is 114 Å². The molecule has 0 unspecified atom stereocenters. The van der Waals surface area contributed by atoms with Crippen LogP contribution in [-0.4, -0.2) is 15.8 Å². The maximum absolute atomic E-state index is 7.40. The van der Waals surface area contributed by atoms with E-state index < -0.39 is 0 Å². The highest BCUT2D eigenvalue weighted by molar-refractivity contribution is 7.99. The number of para-hydroxylation sites is 1. The van der Waals surface area contributed by atoms with Crippen molar-refractivity contribution in [1.82, 2.24) is 9.97 Å². The topological polar surface area (TPSA) is 78.5 Å². The Hall–Kier alpha value is -2.27. The molecule has 0 fully saturated rings. The molecule has 0 radical (unpaired) electrons. The number of nitrogen functional groups attached to an aromatic ring is 1. The van der Waals surface area contributed by atoms with E-state index in [1.165, 1.54) is 17.1 Å². The van der Waals surface area contributed by atoms with Crippen LogP contribution in [0.5, 0.6) is 0 Å². The summed E-state index contributed by atoms with van der Waals surface area (Å²) in [5, 5.41) is 10.4. The molecule has 19 heavy (non-hydrogen) atoms. The lowest BCUT2D eigenvalue weighted by Gasteiger charge is -2.01. The molecule has 3 aromatic rings. The zero-order chi connectivity index (χ0) is 13.2. The number of benzene rings is 1. The average molecular weight is 268 g/mol. The van der Waals surface area contributed by atoms with Crippen LogP contribution in [0.25, 0.3) is 10.9 Å². The van der Waals surface area contributed by atoms with Gasteiger partial charge in [-0.05, 0) is 24.3 Å². The van der Waals surface area contributed by atoms with Crippen molar-refractivity contribution < 1.29 is 0 Å². The third kappa shape index (κ3) is 2.46. The molecule has 3 rings (SSSR count). The molecule has 0 aliphatic heterocycles. The van der Waals surface area contributed by atoms with Gasteiger partial charge in [0.05, 0.1) is 5.03 Å². The van der Waals surface area contributed by atoms with Crippen molar-refractivity contribution in [3.05, 3.63) is 54.2 Å². The molecule has 2 aromatic heterocycles. The summed E-state index contributed by atoms with van der Waals surface area (Å²) in [6.07, 6.45) is 0. The van der Waals surface area contributed by atoms with Gasteiger partial charge in [-0.1, -0.05) is 36.0 Å². The minimum absolute atomic E-state index is 0.0147. The summed E-state index contributed by atoms with van der Waals surface area (Å²) in [6.45, 7) is 0. The van der Waals surface area contributed by atoms with Crippen molar-refractivity contribution in [2.45, 2.75) is 10.1 Å². The minimum Gasteiger partial charge on any atom is -0.382 e. The van der Waals surface area contributed by atoms with Crippen LogP contribution < -0.4 is 5.73 Å². The summed E-state index contributed by atoms with van der Waals surface area (Å²) in [6, 6.07) is 15.7. The van der Waals surface area contributed by atoms with E-state index in [0.29, 0.717) is 5.69 Å². The molecule has 0 bridgehead atoms. The number of H-pyrrole nitrogens is 1. The maximum Gasteiger partial charge on any atom is 0.141 e. The first-order chi connectivity index (χ1) is 9.22. The van der Waals surface area contributed by atoms with Crippen molar-refractivity contribution >= 4 is 28.5 Å². The fraction of sp³-hybridized carbons (Fsp3) is 0. The zero-order valence-corrected chi connectivity index (χ0v) is 10.9. The van der Waals surface area contributed by atoms with Crippen LogP contribution >= 0.6 is 11.8 Å². The Morgan fingerprint density at radius 3 is 2.79 bits per heavy atom. The van der Waals surface area contributed by atoms with Crippen LogP contribution in [0.3, 0.4) is 0 Å². The van der Waals surface area contributed by atoms with Gasteiger partial charge in [-0.15, -0.1) is 0 Å². The van der Waals surface area contributed by atoms with Gasteiger partial charge in [0.15, 0.2) is 0 Å². The van der Waals surface area contributed by atoms with Gasteiger partial charge in [-0.25, -0.2) is 4.98 Å². The van der Waals surface area contributed by atoms with E-state index in [4.69, 9.17) is 11.1 Å². The molecule has 94 valence electrons. The number of aromatic amines is 1. The highest BCUT2D eigenvalue weighted by Gasteiger charge is 2.05. The molecular formula is C14H12N4S. The standard InChI is InChI=1S/C14H12N4S/c15-14(16)11-6-3-7-12(18-11)19-13-8-9-4-1-2-5-10(9)17-13/h1-8,17H,(H3,15,16). The van der Waals surface area contributed by atoms with Gasteiger partial charge in [0.25, 0.3) is 0 Å². The smallest absolute Gasteiger partial charge is 0.141 e. The summed E-state index contributed by atoms with van der Waals surface area (Å²) >= 11 is 1.53. The average Bonchev–Trinajstić information content (AvgIpc) is 2.81. The SMILES string of the molecule is N=C(N)c1cccc(Sc2cc3ccccc3[nH]2)n1. The van der Waals surface area contributed by atoms with Gasteiger partial charge >= 0.3 is 0 Å². The third-order valence-electron chi connectivity index (χ3n) is 2.72. The van der Waals surface area contributed by atoms with Gasteiger partial charge < -0.3 is 10.7 Å². The van der Waals surface area contributed by atoms with Crippen LogP contribution in [0.4, 0.5) is 0 Å². The first kappa shape index (κ1) is 11.8. The predicted molar refractivity (Wildman–Crippen MR) is 77.7 cm³/mol. The fourth-order valence-corrected chi connectivity index (χ4v) is 2.70. The van der Waals surface area contributed by atoms with Crippen LogP contribution in [0, 0.1) is 5.41 Å². The lowest BCUT2D eigenvalue weighted by Crippen LogP contribution is -2.12. The van der Waals surface area contributed by atoms with E-state index >= 15 is 0 Å². The van der Waals surface area contributed by atoms with Gasteiger partial charge in [-0.2, -0.15) is 0 Å². The predicted octanol–water partition coefficient (Wildman–Crippen LogP) is 3.00. The van der Waals surface area contributed by atoms with E-state index in [2.05, 4.69) is 22.1 Å². The minimum atomic E-state index is -0.0147. The molecule has 1 aromatic carbocycles. The zero-order valence-electron chi connectivity index (χ0n) is 10.1. The Balaban J connectivity index is 1.92. The van der Waals surface area contributed by atoms with Crippen molar-refractivity contribution in [3.63, 3.8) is 0 Å². The van der Waals surface area contributed by atoms with Crippen molar-refractivity contribution in [3.8, 4) is 0 Å². The summed E-state index contributed by atoms with van der Waals surface area (Å²) in [4.78, 5) is 7.66. The van der Waals surface area contributed by atoms with Gasteiger partial charge in [0, 0.05) is 10.9 Å². The van der Waals surface area contributed by atoms with E-state index in [-0.39, 0.29) is 5.84 Å². The van der Waals surface area contributed by atoms with Crippen LogP contribution in [0.1, 0.15) is 5.69 Å². The second-order valence-electron chi connectivity index (χ2n) is 4.10.